The third-order valence-corrected chi connectivity index (χ3v) is 2.08. The van der Waals surface area contributed by atoms with Crippen LogP contribution in [-0.2, 0) is 4.79 Å². The van der Waals surface area contributed by atoms with Gasteiger partial charge in [0.1, 0.15) is 5.82 Å². The largest absolute Gasteiger partial charge is 0.322 e. The van der Waals surface area contributed by atoms with Crippen molar-refractivity contribution < 1.29 is 9.18 Å². The van der Waals surface area contributed by atoms with Crippen LogP contribution in [0.25, 0.3) is 0 Å². The summed E-state index contributed by atoms with van der Waals surface area (Å²) in [5.41, 5.74) is 1.42. The molecule has 1 aromatic rings. The maximum absolute atomic E-state index is 13.0. The number of carbonyl (C=O) groups is 1. The summed E-state index contributed by atoms with van der Waals surface area (Å²) in [6, 6.07) is 4.38. The monoisotopic (exact) mass is 207 g/mol. The van der Waals surface area contributed by atoms with Crippen LogP contribution in [0, 0.1) is 5.82 Å². The van der Waals surface area contributed by atoms with Crippen LogP contribution < -0.4 is 5.32 Å². The SMILES string of the molecule is C=CC(=O)Nc1cc(F)ccc1C(C)C. The number of halogens is 1. The van der Waals surface area contributed by atoms with Crippen LogP contribution in [0.4, 0.5) is 10.1 Å². The number of amides is 1. The van der Waals surface area contributed by atoms with Gasteiger partial charge in [0.2, 0.25) is 5.91 Å². The van der Waals surface area contributed by atoms with E-state index in [-0.39, 0.29) is 17.6 Å². The average molecular weight is 207 g/mol. The van der Waals surface area contributed by atoms with Gasteiger partial charge in [-0.05, 0) is 29.7 Å². The lowest BCUT2D eigenvalue weighted by Gasteiger charge is -2.12. The molecule has 0 saturated carbocycles. The van der Waals surface area contributed by atoms with Crippen molar-refractivity contribution in [2.24, 2.45) is 0 Å². The van der Waals surface area contributed by atoms with Crippen molar-refractivity contribution in [1.82, 2.24) is 0 Å². The van der Waals surface area contributed by atoms with Crippen LogP contribution in [-0.4, -0.2) is 5.91 Å². The standard InChI is InChI=1S/C12H14FNO/c1-4-12(15)14-11-7-9(13)5-6-10(11)8(2)3/h4-8H,1H2,2-3H3,(H,14,15). The molecule has 1 aromatic carbocycles. The van der Waals surface area contributed by atoms with Crippen molar-refractivity contribution in [2.75, 3.05) is 5.32 Å². The molecular formula is C12H14FNO. The van der Waals surface area contributed by atoms with Gasteiger partial charge in [-0.3, -0.25) is 4.79 Å². The molecular weight excluding hydrogens is 193 g/mol. The molecule has 0 aliphatic heterocycles. The van der Waals surface area contributed by atoms with Crippen molar-refractivity contribution in [3.8, 4) is 0 Å². The second-order valence-electron chi connectivity index (χ2n) is 3.58. The molecule has 0 heterocycles. The van der Waals surface area contributed by atoms with Crippen LogP contribution >= 0.6 is 0 Å². The second kappa shape index (κ2) is 4.73. The molecule has 0 aliphatic carbocycles. The van der Waals surface area contributed by atoms with Crippen molar-refractivity contribution in [1.29, 1.82) is 0 Å². The van der Waals surface area contributed by atoms with Crippen molar-refractivity contribution in [3.05, 3.63) is 42.2 Å². The predicted octanol–water partition coefficient (Wildman–Crippen LogP) is 3.07. The van der Waals surface area contributed by atoms with E-state index in [9.17, 15) is 9.18 Å². The highest BCUT2D eigenvalue weighted by atomic mass is 19.1. The van der Waals surface area contributed by atoms with E-state index in [0.29, 0.717) is 5.69 Å². The first kappa shape index (κ1) is 11.4. The second-order valence-corrected chi connectivity index (χ2v) is 3.58. The van der Waals surface area contributed by atoms with E-state index >= 15 is 0 Å². The highest BCUT2D eigenvalue weighted by Gasteiger charge is 2.09. The summed E-state index contributed by atoms with van der Waals surface area (Å²) >= 11 is 0. The van der Waals surface area contributed by atoms with Gasteiger partial charge in [-0.1, -0.05) is 26.5 Å². The summed E-state index contributed by atoms with van der Waals surface area (Å²) in [6.45, 7) is 7.31. The molecule has 0 atom stereocenters. The molecule has 0 radical (unpaired) electrons. The van der Waals surface area contributed by atoms with Crippen LogP contribution in [0.15, 0.2) is 30.9 Å². The first-order valence-electron chi connectivity index (χ1n) is 4.77. The van der Waals surface area contributed by atoms with Crippen LogP contribution in [0.3, 0.4) is 0 Å². The highest BCUT2D eigenvalue weighted by Crippen LogP contribution is 2.24. The highest BCUT2D eigenvalue weighted by molar-refractivity contribution is 5.99. The van der Waals surface area contributed by atoms with Gasteiger partial charge in [0.05, 0.1) is 0 Å². The Morgan fingerprint density at radius 3 is 2.73 bits per heavy atom. The molecule has 1 amide bonds. The minimum Gasteiger partial charge on any atom is -0.322 e. The number of hydrogen-bond acceptors (Lipinski definition) is 1. The molecule has 1 N–H and O–H groups in total. The number of carbonyl (C=O) groups excluding carboxylic acids is 1. The van der Waals surface area contributed by atoms with Gasteiger partial charge in [-0.25, -0.2) is 4.39 Å². The maximum Gasteiger partial charge on any atom is 0.247 e. The van der Waals surface area contributed by atoms with Crippen molar-refractivity contribution in [2.45, 2.75) is 19.8 Å². The normalized spacial score (nSPS) is 10.1. The molecule has 3 heteroatoms. The summed E-state index contributed by atoms with van der Waals surface area (Å²) in [4.78, 5) is 11.1. The Morgan fingerprint density at radius 2 is 2.20 bits per heavy atom. The van der Waals surface area contributed by atoms with E-state index in [4.69, 9.17) is 0 Å². The molecule has 2 nitrogen and oxygen atoms in total. The number of rotatable bonds is 3. The summed E-state index contributed by atoms with van der Waals surface area (Å²) in [5.74, 6) is -0.466. The van der Waals surface area contributed by atoms with Crippen LogP contribution in [0.5, 0.6) is 0 Å². The van der Waals surface area contributed by atoms with E-state index in [2.05, 4.69) is 11.9 Å². The van der Waals surface area contributed by atoms with Gasteiger partial charge in [0.15, 0.2) is 0 Å². The van der Waals surface area contributed by atoms with Crippen LogP contribution in [0.2, 0.25) is 0 Å². The first-order valence-corrected chi connectivity index (χ1v) is 4.77. The summed E-state index contributed by atoms with van der Waals surface area (Å²) in [5, 5.41) is 2.59. The fourth-order valence-electron chi connectivity index (χ4n) is 1.32. The minimum atomic E-state index is -0.362. The lowest BCUT2D eigenvalue weighted by atomic mass is 10.0. The quantitative estimate of drug-likeness (QED) is 0.758. The number of anilines is 1. The zero-order valence-corrected chi connectivity index (χ0v) is 8.88. The van der Waals surface area contributed by atoms with Gasteiger partial charge in [-0.15, -0.1) is 0 Å². The molecule has 0 bridgehead atoms. The van der Waals surface area contributed by atoms with Gasteiger partial charge in [0.25, 0.3) is 0 Å². The van der Waals surface area contributed by atoms with E-state index in [0.717, 1.165) is 11.6 Å². The van der Waals surface area contributed by atoms with Gasteiger partial charge >= 0.3 is 0 Å². The third kappa shape index (κ3) is 2.91. The zero-order chi connectivity index (χ0) is 11.4. The number of hydrogen-bond donors (Lipinski definition) is 1. The fourth-order valence-corrected chi connectivity index (χ4v) is 1.32. The Hall–Kier alpha value is -1.64. The van der Waals surface area contributed by atoms with Crippen molar-refractivity contribution in [3.63, 3.8) is 0 Å². The Morgan fingerprint density at radius 1 is 1.53 bits per heavy atom. The molecule has 0 unspecified atom stereocenters. The summed E-state index contributed by atoms with van der Waals surface area (Å²) in [6.07, 6.45) is 1.16. The molecule has 0 saturated heterocycles. The van der Waals surface area contributed by atoms with Crippen molar-refractivity contribution >= 4 is 11.6 Å². The van der Waals surface area contributed by atoms with E-state index in [1.54, 1.807) is 6.07 Å². The van der Waals surface area contributed by atoms with E-state index in [1.807, 2.05) is 13.8 Å². The number of benzene rings is 1. The topological polar surface area (TPSA) is 29.1 Å². The average Bonchev–Trinajstić information content (AvgIpc) is 2.17. The lowest BCUT2D eigenvalue weighted by molar-refractivity contribution is -0.111. The van der Waals surface area contributed by atoms with Gasteiger partial charge in [0, 0.05) is 5.69 Å². The van der Waals surface area contributed by atoms with Gasteiger partial charge in [-0.2, -0.15) is 0 Å². The molecule has 15 heavy (non-hydrogen) atoms. The molecule has 0 spiro atoms. The molecule has 1 rings (SSSR count). The Balaban J connectivity index is 3.07. The van der Waals surface area contributed by atoms with E-state index < -0.39 is 0 Å². The Labute approximate surface area is 88.8 Å². The first-order chi connectivity index (χ1) is 7.04. The molecule has 0 fully saturated rings. The predicted molar refractivity (Wildman–Crippen MR) is 59.3 cm³/mol. The van der Waals surface area contributed by atoms with Gasteiger partial charge < -0.3 is 5.32 Å². The maximum atomic E-state index is 13.0. The molecule has 0 aromatic heterocycles. The molecule has 80 valence electrons. The zero-order valence-electron chi connectivity index (χ0n) is 8.88. The van der Waals surface area contributed by atoms with Crippen LogP contribution in [0.1, 0.15) is 25.3 Å². The minimum absolute atomic E-state index is 0.228. The summed E-state index contributed by atoms with van der Waals surface area (Å²) < 4.78 is 13.0. The fraction of sp³-hybridized carbons (Fsp3) is 0.250. The lowest BCUT2D eigenvalue weighted by Crippen LogP contribution is -2.10. The summed E-state index contributed by atoms with van der Waals surface area (Å²) in [7, 11) is 0. The number of nitrogens with one attached hydrogen (secondary N) is 1. The molecule has 0 aliphatic rings. The Kier molecular flexibility index (Phi) is 3.61. The smallest absolute Gasteiger partial charge is 0.247 e. The third-order valence-electron chi connectivity index (χ3n) is 2.08. The Bertz CT molecular complexity index is 385. The van der Waals surface area contributed by atoms with E-state index in [1.165, 1.54) is 12.1 Å².